The highest BCUT2D eigenvalue weighted by Gasteiger charge is 2.23. The second-order valence-electron chi connectivity index (χ2n) is 9.90. The summed E-state index contributed by atoms with van der Waals surface area (Å²) in [6.45, 7) is 12.6. The van der Waals surface area contributed by atoms with Crippen LogP contribution in [-0.4, -0.2) is 86.0 Å². The van der Waals surface area contributed by atoms with Crippen molar-refractivity contribution in [2.75, 3.05) is 85.9 Å². The average Bonchev–Trinajstić information content (AvgIpc) is 2.86. The Morgan fingerprint density at radius 1 is 0.838 bits per heavy atom. The molecule has 3 rings (SSSR count). The molecule has 9 heteroatoms. The monoisotopic (exact) mass is 595 g/mol. The summed E-state index contributed by atoms with van der Waals surface area (Å²) in [6, 6.07) is 11.1. The SMILES string of the molecule is COCCN(CCOC)c1cc(C(C)(C)C)c2nc3ccc(=[N+](CCOC)CCOC)cc-3sc2c1.[Br-]. The molecule has 1 heterocycles. The molecule has 7 nitrogen and oxygen atoms in total. The van der Waals surface area contributed by atoms with Crippen LogP contribution in [0.4, 0.5) is 5.69 Å². The molecule has 0 N–H and O–H groups in total. The van der Waals surface area contributed by atoms with Gasteiger partial charge in [-0.15, -0.1) is 11.3 Å². The number of hydrogen-bond donors (Lipinski definition) is 0. The minimum Gasteiger partial charge on any atom is -1.00 e. The molecule has 0 aromatic heterocycles. The molecule has 0 bridgehead atoms. The summed E-state index contributed by atoms with van der Waals surface area (Å²) in [7, 11) is 6.96. The molecule has 0 unspecified atom stereocenters. The van der Waals surface area contributed by atoms with Gasteiger partial charge in [-0.1, -0.05) is 20.8 Å². The van der Waals surface area contributed by atoms with Crippen molar-refractivity contribution >= 4 is 27.2 Å². The van der Waals surface area contributed by atoms with Gasteiger partial charge in [0.15, 0.2) is 13.1 Å². The predicted molar refractivity (Wildman–Crippen MR) is 150 cm³/mol. The number of fused-ring (bicyclic) bond motifs is 2. The Balaban J connectivity index is 0.00000481. The van der Waals surface area contributed by atoms with Crippen LogP contribution in [0.25, 0.3) is 20.8 Å². The largest absolute Gasteiger partial charge is 1.00 e. The molecule has 2 aliphatic rings. The average molecular weight is 597 g/mol. The molecule has 1 aromatic rings. The lowest BCUT2D eigenvalue weighted by Crippen LogP contribution is -3.00. The summed E-state index contributed by atoms with van der Waals surface area (Å²) in [5, 5.41) is 1.16. The molecule has 0 amide bonds. The summed E-state index contributed by atoms with van der Waals surface area (Å²) in [5.41, 5.74) is 4.47. The number of anilines is 1. The summed E-state index contributed by atoms with van der Waals surface area (Å²) in [5.74, 6) is 0. The van der Waals surface area contributed by atoms with Gasteiger partial charge in [0.2, 0.25) is 5.36 Å². The van der Waals surface area contributed by atoms with Crippen molar-refractivity contribution in [3.05, 3.63) is 41.3 Å². The van der Waals surface area contributed by atoms with Crippen molar-refractivity contribution in [1.29, 1.82) is 0 Å². The van der Waals surface area contributed by atoms with Crippen LogP contribution in [0.15, 0.2) is 30.3 Å². The Hall–Kier alpha value is -1.62. The van der Waals surface area contributed by atoms with E-state index < -0.39 is 0 Å². The number of hydrogen-bond acceptors (Lipinski definition) is 7. The summed E-state index contributed by atoms with van der Waals surface area (Å²) < 4.78 is 25.0. The van der Waals surface area contributed by atoms with Crippen molar-refractivity contribution in [3.63, 3.8) is 0 Å². The quantitative estimate of drug-likeness (QED) is 0.216. The van der Waals surface area contributed by atoms with Crippen LogP contribution in [0.3, 0.4) is 0 Å². The fourth-order valence-corrected chi connectivity index (χ4v) is 5.27. The lowest BCUT2D eigenvalue weighted by Gasteiger charge is -2.28. The third-order valence-electron chi connectivity index (χ3n) is 6.25. The van der Waals surface area contributed by atoms with Gasteiger partial charge >= 0.3 is 0 Å². The van der Waals surface area contributed by atoms with Crippen molar-refractivity contribution in [2.45, 2.75) is 26.2 Å². The Kier molecular flexibility index (Phi) is 12.9. The number of nitrogens with zero attached hydrogens (tertiary/aromatic N) is 3. The Labute approximate surface area is 236 Å². The first-order valence-corrected chi connectivity index (χ1v) is 13.3. The Morgan fingerprint density at radius 3 is 1.97 bits per heavy atom. The highest BCUT2D eigenvalue weighted by molar-refractivity contribution is 7.21. The van der Waals surface area contributed by atoms with Crippen LogP contribution in [0.5, 0.6) is 0 Å². The first-order chi connectivity index (χ1) is 17.3. The molecule has 0 saturated heterocycles. The normalized spacial score (nSPS) is 11.6. The first kappa shape index (κ1) is 31.6. The van der Waals surface area contributed by atoms with Gasteiger partial charge < -0.3 is 40.8 Å². The number of rotatable bonds is 13. The molecule has 37 heavy (non-hydrogen) atoms. The van der Waals surface area contributed by atoms with Crippen LogP contribution in [-0.2, 0) is 24.4 Å². The van der Waals surface area contributed by atoms with Crippen molar-refractivity contribution in [2.24, 2.45) is 0 Å². The number of halogens is 1. The summed E-state index contributed by atoms with van der Waals surface area (Å²) in [4.78, 5) is 8.67. The molecule has 1 aliphatic carbocycles. The highest BCUT2D eigenvalue weighted by Crippen LogP contribution is 2.38. The maximum atomic E-state index is 5.39. The van der Waals surface area contributed by atoms with Crippen LogP contribution >= 0.6 is 11.3 Å². The minimum atomic E-state index is -0.0487. The fourth-order valence-electron chi connectivity index (χ4n) is 4.20. The first-order valence-electron chi connectivity index (χ1n) is 12.5. The highest BCUT2D eigenvalue weighted by atomic mass is 79.9. The number of benzene rings is 2. The van der Waals surface area contributed by atoms with Gasteiger partial charge in [0.1, 0.15) is 13.2 Å². The van der Waals surface area contributed by atoms with E-state index in [-0.39, 0.29) is 22.4 Å². The molecule has 0 saturated carbocycles. The van der Waals surface area contributed by atoms with Gasteiger partial charge in [0.05, 0.1) is 34.0 Å². The van der Waals surface area contributed by atoms with E-state index in [1.807, 2.05) is 0 Å². The van der Waals surface area contributed by atoms with E-state index in [2.05, 4.69) is 60.6 Å². The van der Waals surface area contributed by atoms with Crippen molar-refractivity contribution in [3.8, 4) is 10.6 Å². The fraction of sp³-hybridized carbons (Fsp3) is 0.571. The van der Waals surface area contributed by atoms with Gasteiger partial charge in [-0.25, -0.2) is 9.56 Å². The Morgan fingerprint density at radius 2 is 1.43 bits per heavy atom. The molecule has 0 radical (unpaired) electrons. The molecular formula is C28H42BrN3O4S. The lowest BCUT2D eigenvalue weighted by atomic mass is 9.86. The second-order valence-corrected chi connectivity index (χ2v) is 11.0. The molecule has 0 spiro atoms. The zero-order valence-electron chi connectivity index (χ0n) is 23.3. The van der Waals surface area contributed by atoms with Gasteiger partial charge in [-0.3, -0.25) is 0 Å². The van der Waals surface area contributed by atoms with Crippen LogP contribution in [0.2, 0.25) is 0 Å². The van der Waals surface area contributed by atoms with Gasteiger partial charge in [0.25, 0.3) is 0 Å². The molecule has 0 fully saturated rings. The maximum absolute atomic E-state index is 5.39. The molecule has 0 atom stereocenters. The van der Waals surface area contributed by atoms with E-state index >= 15 is 0 Å². The zero-order valence-corrected chi connectivity index (χ0v) is 25.7. The maximum Gasteiger partial charge on any atom is 0.201 e. The number of methoxy groups -OCH3 is 4. The number of aromatic nitrogens is 1. The van der Waals surface area contributed by atoms with Gasteiger partial charge in [-0.05, 0) is 29.2 Å². The summed E-state index contributed by atoms with van der Waals surface area (Å²) in [6.07, 6.45) is 0. The second kappa shape index (κ2) is 15.1. The smallest absolute Gasteiger partial charge is 0.201 e. The number of ether oxygens (including phenoxy) is 4. The third-order valence-corrected chi connectivity index (χ3v) is 7.33. The van der Waals surface area contributed by atoms with Gasteiger partial charge in [-0.2, -0.15) is 0 Å². The third kappa shape index (κ3) is 8.43. The zero-order chi connectivity index (χ0) is 26.1. The standard InChI is InChI=1S/C28H42N3O4S.BrH/c1-28(2,3)23-18-22(31(12-16-34-6)13-17-35-7)20-26-27(23)29-24-9-8-21(19-25(24)36-26)30(10-14-32-4)11-15-33-5;/h8-9,18-20H,10-17H2,1-7H3;1H/q+1;/p-1. The van der Waals surface area contributed by atoms with E-state index in [0.717, 1.165) is 47.6 Å². The van der Waals surface area contributed by atoms with E-state index in [1.165, 1.54) is 16.0 Å². The lowest BCUT2D eigenvalue weighted by molar-refractivity contribution is -0.00000932. The minimum absolute atomic E-state index is 0. The van der Waals surface area contributed by atoms with Crippen LogP contribution < -0.4 is 31.8 Å². The van der Waals surface area contributed by atoms with Crippen LogP contribution in [0.1, 0.15) is 26.3 Å². The summed E-state index contributed by atoms with van der Waals surface area (Å²) >= 11 is 1.80. The molecular weight excluding hydrogens is 554 g/mol. The van der Waals surface area contributed by atoms with Gasteiger partial charge in [0, 0.05) is 59.3 Å². The predicted octanol–water partition coefficient (Wildman–Crippen LogP) is 0.867. The van der Waals surface area contributed by atoms with Crippen molar-refractivity contribution < 1.29 is 35.9 Å². The molecule has 206 valence electrons. The van der Waals surface area contributed by atoms with Crippen LogP contribution in [0, 0.1) is 0 Å². The van der Waals surface area contributed by atoms with E-state index in [0.29, 0.717) is 26.4 Å². The topological polar surface area (TPSA) is 56.1 Å². The van der Waals surface area contributed by atoms with E-state index in [1.54, 1.807) is 39.8 Å². The molecule has 1 aromatic carbocycles. The molecule has 1 aliphatic heterocycles. The Bertz CT molecular complexity index is 1140. The van der Waals surface area contributed by atoms with E-state index in [4.69, 9.17) is 23.9 Å². The van der Waals surface area contributed by atoms with Crippen molar-refractivity contribution in [1.82, 2.24) is 9.56 Å². The van der Waals surface area contributed by atoms with E-state index in [9.17, 15) is 0 Å².